The monoisotopic (exact) mass is 418 g/mol. The highest BCUT2D eigenvalue weighted by Gasteiger charge is 2.36. The molecule has 3 aromatic rings. The molecule has 0 aliphatic heterocycles. The molecule has 0 fully saturated rings. The molecular formula is C22H14N2O7. The van der Waals surface area contributed by atoms with Crippen LogP contribution in [0.15, 0.2) is 49.1 Å². The molecule has 0 N–H and O–H groups in total. The molecule has 0 saturated carbocycles. The Morgan fingerprint density at radius 3 is 2.19 bits per heavy atom. The Morgan fingerprint density at radius 1 is 0.871 bits per heavy atom. The van der Waals surface area contributed by atoms with E-state index in [0.29, 0.717) is 0 Å². The van der Waals surface area contributed by atoms with Gasteiger partial charge in [-0.2, -0.15) is 0 Å². The van der Waals surface area contributed by atoms with Crippen molar-refractivity contribution in [1.82, 2.24) is 9.55 Å². The molecule has 9 heteroatoms. The topological polar surface area (TPSA) is 122 Å². The number of benzene rings is 2. The van der Waals surface area contributed by atoms with Crippen LogP contribution in [0.2, 0.25) is 0 Å². The summed E-state index contributed by atoms with van der Waals surface area (Å²) in [5.74, 6) is -3.51. The quantitative estimate of drug-likeness (QED) is 0.367. The average molecular weight is 418 g/mol. The fourth-order valence-corrected chi connectivity index (χ4v) is 3.38. The number of nitrogens with zero attached hydrogens (tertiary/aromatic N) is 2. The van der Waals surface area contributed by atoms with Gasteiger partial charge in [0.1, 0.15) is 17.8 Å². The molecule has 2 aromatic carbocycles. The van der Waals surface area contributed by atoms with E-state index in [-0.39, 0.29) is 39.3 Å². The van der Waals surface area contributed by atoms with E-state index in [9.17, 15) is 24.0 Å². The number of carbonyl (C=O) groups excluding carboxylic acids is 5. The lowest BCUT2D eigenvalue weighted by atomic mass is 9.82. The minimum absolute atomic E-state index is 0.0113. The molecule has 1 heterocycles. The summed E-state index contributed by atoms with van der Waals surface area (Å²) < 4.78 is 11.5. The van der Waals surface area contributed by atoms with Crippen molar-refractivity contribution in [2.75, 3.05) is 0 Å². The molecule has 0 spiro atoms. The van der Waals surface area contributed by atoms with Crippen molar-refractivity contribution in [2.24, 2.45) is 0 Å². The maximum atomic E-state index is 13.3. The van der Waals surface area contributed by atoms with Crippen molar-refractivity contribution in [1.29, 1.82) is 0 Å². The minimum atomic E-state index is -0.742. The third-order valence-electron chi connectivity index (χ3n) is 4.57. The van der Waals surface area contributed by atoms with Gasteiger partial charge in [0.05, 0.1) is 11.1 Å². The first kappa shape index (κ1) is 19.9. The number of hydrogen-bond donors (Lipinski definition) is 0. The van der Waals surface area contributed by atoms with Crippen LogP contribution in [0.5, 0.6) is 11.5 Å². The minimum Gasteiger partial charge on any atom is -0.426 e. The summed E-state index contributed by atoms with van der Waals surface area (Å²) in [6, 6.07) is 6.76. The van der Waals surface area contributed by atoms with E-state index in [1.807, 2.05) is 0 Å². The van der Waals surface area contributed by atoms with E-state index in [4.69, 9.17) is 9.47 Å². The second kappa shape index (κ2) is 7.45. The number of hydrogen-bond acceptors (Lipinski definition) is 8. The number of rotatable bonds is 3. The molecule has 1 aromatic heterocycles. The van der Waals surface area contributed by atoms with E-state index >= 15 is 0 Å². The predicted molar refractivity (Wildman–Crippen MR) is 104 cm³/mol. The lowest BCUT2D eigenvalue weighted by Gasteiger charge is -2.22. The number of ether oxygens (including phenoxy) is 2. The summed E-state index contributed by atoms with van der Waals surface area (Å²) >= 11 is 0. The molecule has 1 aliphatic rings. The summed E-state index contributed by atoms with van der Waals surface area (Å²) in [5.41, 5.74) is -0.363. The van der Waals surface area contributed by atoms with Gasteiger partial charge in [-0.25, -0.2) is 4.98 Å². The van der Waals surface area contributed by atoms with Crippen LogP contribution in [0.1, 0.15) is 56.0 Å². The van der Waals surface area contributed by atoms with Crippen molar-refractivity contribution in [2.45, 2.75) is 13.8 Å². The van der Waals surface area contributed by atoms with E-state index in [1.54, 1.807) is 0 Å². The van der Waals surface area contributed by atoms with Gasteiger partial charge in [-0.1, -0.05) is 12.1 Å². The van der Waals surface area contributed by atoms with Gasteiger partial charge >= 0.3 is 11.9 Å². The molecule has 9 nitrogen and oxygen atoms in total. The van der Waals surface area contributed by atoms with E-state index in [0.717, 1.165) is 6.92 Å². The number of carbonyl (C=O) groups is 5. The smallest absolute Gasteiger partial charge is 0.308 e. The predicted octanol–water partition coefficient (Wildman–Crippen LogP) is 2.20. The molecular weight excluding hydrogens is 404 g/mol. The Kier molecular flexibility index (Phi) is 4.78. The molecule has 1 aliphatic carbocycles. The molecule has 0 bridgehead atoms. The lowest BCUT2D eigenvalue weighted by Crippen LogP contribution is -2.25. The third kappa shape index (κ3) is 3.42. The van der Waals surface area contributed by atoms with Gasteiger partial charge in [0.2, 0.25) is 5.78 Å². The molecule has 31 heavy (non-hydrogen) atoms. The average Bonchev–Trinajstić information content (AvgIpc) is 3.25. The van der Waals surface area contributed by atoms with Gasteiger partial charge in [-0.05, 0) is 18.2 Å². The zero-order valence-electron chi connectivity index (χ0n) is 16.4. The number of ketones is 2. The number of imidazole rings is 1. The van der Waals surface area contributed by atoms with Crippen molar-refractivity contribution >= 4 is 29.4 Å². The maximum absolute atomic E-state index is 13.3. The Labute approximate surface area is 175 Å². The fourth-order valence-electron chi connectivity index (χ4n) is 3.38. The van der Waals surface area contributed by atoms with Gasteiger partial charge < -0.3 is 9.47 Å². The lowest BCUT2D eigenvalue weighted by molar-refractivity contribution is -0.132. The zero-order chi connectivity index (χ0) is 22.3. The zero-order valence-corrected chi connectivity index (χ0v) is 16.4. The van der Waals surface area contributed by atoms with Gasteiger partial charge in [-0.3, -0.25) is 28.5 Å². The summed E-state index contributed by atoms with van der Waals surface area (Å²) in [4.78, 5) is 66.3. The van der Waals surface area contributed by atoms with Crippen molar-refractivity contribution in [3.05, 3.63) is 76.9 Å². The normalized spacial score (nSPS) is 12.1. The van der Waals surface area contributed by atoms with Crippen molar-refractivity contribution in [3.8, 4) is 11.5 Å². The summed E-state index contributed by atoms with van der Waals surface area (Å²) in [6.07, 6.45) is 4.10. The van der Waals surface area contributed by atoms with Crippen LogP contribution in [0, 0.1) is 0 Å². The first-order valence-electron chi connectivity index (χ1n) is 9.08. The van der Waals surface area contributed by atoms with Gasteiger partial charge in [0.15, 0.2) is 5.78 Å². The van der Waals surface area contributed by atoms with E-state index in [1.165, 1.54) is 60.5 Å². The van der Waals surface area contributed by atoms with Crippen molar-refractivity contribution in [3.63, 3.8) is 0 Å². The van der Waals surface area contributed by atoms with Gasteiger partial charge in [0.25, 0.3) is 5.91 Å². The van der Waals surface area contributed by atoms with Crippen LogP contribution in [0.25, 0.3) is 0 Å². The van der Waals surface area contributed by atoms with E-state index in [2.05, 4.69) is 4.98 Å². The SMILES string of the molecule is CC(=O)Oc1cccc2c1C(=O)c1c(OC(C)=O)cc(C(=O)n3ccnc3)cc1C2=O. The summed E-state index contributed by atoms with van der Waals surface area (Å²) in [7, 11) is 0. The Balaban J connectivity index is 1.94. The van der Waals surface area contributed by atoms with E-state index < -0.39 is 29.4 Å². The summed E-state index contributed by atoms with van der Waals surface area (Å²) in [5, 5.41) is 0. The van der Waals surface area contributed by atoms with Crippen LogP contribution >= 0.6 is 0 Å². The second-order valence-electron chi connectivity index (χ2n) is 6.70. The second-order valence-corrected chi connectivity index (χ2v) is 6.70. The van der Waals surface area contributed by atoms with Crippen LogP contribution in [-0.2, 0) is 9.59 Å². The Bertz CT molecular complexity index is 1290. The third-order valence-corrected chi connectivity index (χ3v) is 4.57. The molecule has 0 saturated heterocycles. The van der Waals surface area contributed by atoms with Crippen LogP contribution in [0.3, 0.4) is 0 Å². The largest absolute Gasteiger partial charge is 0.426 e. The first-order valence-corrected chi connectivity index (χ1v) is 9.08. The molecule has 0 atom stereocenters. The molecule has 0 amide bonds. The highest BCUT2D eigenvalue weighted by molar-refractivity contribution is 6.31. The highest BCUT2D eigenvalue weighted by Crippen LogP contribution is 2.38. The first-order chi connectivity index (χ1) is 14.8. The van der Waals surface area contributed by atoms with Crippen LogP contribution in [0.4, 0.5) is 0 Å². The molecule has 4 rings (SSSR count). The van der Waals surface area contributed by atoms with Gasteiger partial charge in [-0.15, -0.1) is 0 Å². The van der Waals surface area contributed by atoms with Crippen LogP contribution < -0.4 is 9.47 Å². The molecule has 154 valence electrons. The maximum Gasteiger partial charge on any atom is 0.308 e. The fraction of sp³-hybridized carbons (Fsp3) is 0.0909. The Hall–Kier alpha value is -4.40. The number of esters is 2. The Morgan fingerprint density at radius 2 is 1.55 bits per heavy atom. The molecule has 0 unspecified atom stereocenters. The van der Waals surface area contributed by atoms with Gasteiger partial charge in [0, 0.05) is 42.9 Å². The standard InChI is InChI=1S/C22H14N2O7/c1-11(25)30-16-5-3-4-14-18(16)21(28)19-15(20(14)27)8-13(9-17(19)31-12(2)26)22(29)24-7-6-23-10-24/h3-10H,1-2H3. The molecule has 0 radical (unpaired) electrons. The number of fused-ring (bicyclic) bond motifs is 2. The van der Waals surface area contributed by atoms with Crippen molar-refractivity contribution < 1.29 is 33.4 Å². The van der Waals surface area contributed by atoms with Crippen LogP contribution in [-0.4, -0.2) is 39.0 Å². The number of aromatic nitrogens is 2. The summed E-state index contributed by atoms with van der Waals surface area (Å²) in [6.45, 7) is 2.30. The highest BCUT2D eigenvalue weighted by atomic mass is 16.5.